The zero-order valence-electron chi connectivity index (χ0n) is 9.89. The van der Waals surface area contributed by atoms with Gasteiger partial charge in [0.05, 0.1) is 0 Å². The predicted molar refractivity (Wildman–Crippen MR) is 74.5 cm³/mol. The van der Waals surface area contributed by atoms with Gasteiger partial charge in [-0.05, 0) is 46.6 Å². The molecule has 1 aliphatic rings. The third kappa shape index (κ3) is 2.92. The minimum atomic E-state index is -0.343. The normalized spacial score (nSPS) is 19.8. The number of likely N-dealkylation sites (tertiary alicyclic amines) is 1. The number of piperidine rings is 1. The van der Waals surface area contributed by atoms with Crippen molar-refractivity contribution in [3.05, 3.63) is 20.8 Å². The summed E-state index contributed by atoms with van der Waals surface area (Å²) >= 11 is 4.79. The topological polar surface area (TPSA) is 63.4 Å². The number of nitrogens with two attached hydrogens (primary N) is 1. The SMILES string of the molecule is NC(=O)C[C@H]1CCCCN1C(=O)c1sccc1Br. The summed E-state index contributed by atoms with van der Waals surface area (Å²) in [6, 6.07) is 1.82. The summed E-state index contributed by atoms with van der Waals surface area (Å²) in [6.45, 7) is 0.709. The van der Waals surface area contributed by atoms with Gasteiger partial charge in [-0.2, -0.15) is 0 Å². The second-order valence-corrected chi connectivity index (χ2v) is 6.19. The number of hydrogen-bond acceptors (Lipinski definition) is 3. The van der Waals surface area contributed by atoms with Gasteiger partial charge in [0.15, 0.2) is 0 Å². The summed E-state index contributed by atoms with van der Waals surface area (Å²) in [7, 11) is 0. The Balaban J connectivity index is 2.16. The smallest absolute Gasteiger partial charge is 0.265 e. The van der Waals surface area contributed by atoms with Crippen molar-refractivity contribution >= 4 is 39.1 Å². The monoisotopic (exact) mass is 330 g/mol. The van der Waals surface area contributed by atoms with Gasteiger partial charge >= 0.3 is 0 Å². The van der Waals surface area contributed by atoms with Gasteiger partial charge < -0.3 is 10.6 Å². The van der Waals surface area contributed by atoms with Gasteiger partial charge in [-0.15, -0.1) is 11.3 Å². The number of nitrogens with zero attached hydrogens (tertiary/aromatic N) is 1. The average molecular weight is 331 g/mol. The Morgan fingerprint density at radius 1 is 1.50 bits per heavy atom. The van der Waals surface area contributed by atoms with Crippen molar-refractivity contribution in [2.75, 3.05) is 6.54 Å². The van der Waals surface area contributed by atoms with Crippen molar-refractivity contribution in [1.82, 2.24) is 4.90 Å². The predicted octanol–water partition coefficient (Wildman–Crippen LogP) is 2.38. The molecule has 2 amide bonds. The molecule has 0 radical (unpaired) electrons. The Morgan fingerprint density at radius 2 is 2.28 bits per heavy atom. The van der Waals surface area contributed by atoms with Crippen LogP contribution in [-0.4, -0.2) is 29.3 Å². The van der Waals surface area contributed by atoms with Gasteiger partial charge in [-0.25, -0.2) is 0 Å². The Hall–Kier alpha value is -0.880. The van der Waals surface area contributed by atoms with Gasteiger partial charge in [0.25, 0.3) is 5.91 Å². The lowest BCUT2D eigenvalue weighted by atomic mass is 9.99. The van der Waals surface area contributed by atoms with Crippen LogP contribution in [0.2, 0.25) is 0 Å². The maximum absolute atomic E-state index is 12.4. The molecule has 6 heteroatoms. The van der Waals surface area contributed by atoms with E-state index in [2.05, 4.69) is 15.9 Å². The first-order valence-electron chi connectivity index (χ1n) is 5.92. The van der Waals surface area contributed by atoms with Gasteiger partial charge in [-0.3, -0.25) is 9.59 Å². The molecule has 18 heavy (non-hydrogen) atoms. The van der Waals surface area contributed by atoms with Crippen LogP contribution in [0.25, 0.3) is 0 Å². The van der Waals surface area contributed by atoms with Crippen LogP contribution in [-0.2, 0) is 4.79 Å². The van der Waals surface area contributed by atoms with Crippen molar-refractivity contribution in [3.63, 3.8) is 0 Å². The molecular weight excluding hydrogens is 316 g/mol. The maximum atomic E-state index is 12.4. The van der Waals surface area contributed by atoms with E-state index in [0.717, 1.165) is 23.7 Å². The summed E-state index contributed by atoms with van der Waals surface area (Å²) in [5.41, 5.74) is 5.25. The van der Waals surface area contributed by atoms with E-state index in [4.69, 9.17) is 5.73 Å². The summed E-state index contributed by atoms with van der Waals surface area (Å²) in [6.07, 6.45) is 3.16. The number of rotatable bonds is 3. The summed E-state index contributed by atoms with van der Waals surface area (Å²) < 4.78 is 0.820. The molecule has 4 nitrogen and oxygen atoms in total. The van der Waals surface area contributed by atoms with Crippen LogP contribution in [0.4, 0.5) is 0 Å². The van der Waals surface area contributed by atoms with Gasteiger partial charge in [0, 0.05) is 23.5 Å². The highest BCUT2D eigenvalue weighted by Gasteiger charge is 2.29. The lowest BCUT2D eigenvalue weighted by molar-refractivity contribution is -0.119. The molecule has 1 atom stereocenters. The second-order valence-electron chi connectivity index (χ2n) is 4.42. The number of hydrogen-bond donors (Lipinski definition) is 1. The molecule has 2 heterocycles. The molecule has 1 aliphatic heterocycles. The number of primary amides is 1. The second kappa shape index (κ2) is 5.84. The molecule has 98 valence electrons. The minimum Gasteiger partial charge on any atom is -0.370 e. The molecule has 1 saturated heterocycles. The first-order chi connectivity index (χ1) is 8.59. The quantitative estimate of drug-likeness (QED) is 0.924. The number of amides is 2. The highest BCUT2D eigenvalue weighted by Crippen LogP contribution is 2.28. The fraction of sp³-hybridized carbons (Fsp3) is 0.500. The van der Waals surface area contributed by atoms with E-state index in [1.807, 2.05) is 11.4 Å². The van der Waals surface area contributed by atoms with Gasteiger partial charge in [-0.1, -0.05) is 0 Å². The fourth-order valence-corrected chi connectivity index (χ4v) is 3.79. The Labute approximate surface area is 118 Å². The lowest BCUT2D eigenvalue weighted by Gasteiger charge is -2.35. The summed E-state index contributed by atoms with van der Waals surface area (Å²) in [5.74, 6) is -0.340. The van der Waals surface area contributed by atoms with E-state index in [1.165, 1.54) is 11.3 Å². The first-order valence-corrected chi connectivity index (χ1v) is 7.59. The fourth-order valence-electron chi connectivity index (χ4n) is 2.29. The Kier molecular flexibility index (Phi) is 4.40. The van der Waals surface area contributed by atoms with E-state index in [0.29, 0.717) is 11.4 Å². The van der Waals surface area contributed by atoms with Crippen molar-refractivity contribution in [2.45, 2.75) is 31.7 Å². The number of carbonyl (C=O) groups is 2. The molecular formula is C12H15BrN2O2S. The molecule has 1 aromatic rings. The third-order valence-electron chi connectivity index (χ3n) is 3.14. The summed E-state index contributed by atoms with van der Waals surface area (Å²) in [4.78, 5) is 26.0. The maximum Gasteiger partial charge on any atom is 0.265 e. The standard InChI is InChI=1S/C12H15BrN2O2S/c13-9-4-6-18-11(9)12(17)15-5-2-1-3-8(15)7-10(14)16/h4,6,8H,1-3,5,7H2,(H2,14,16)/t8-/m1/s1. The molecule has 2 N–H and O–H groups in total. The van der Waals surface area contributed by atoms with Crippen molar-refractivity contribution < 1.29 is 9.59 Å². The van der Waals surface area contributed by atoms with Crippen molar-refractivity contribution in [1.29, 1.82) is 0 Å². The highest BCUT2D eigenvalue weighted by atomic mass is 79.9. The van der Waals surface area contributed by atoms with Crippen LogP contribution in [0.15, 0.2) is 15.9 Å². The number of halogens is 1. The first kappa shape index (κ1) is 13.5. The molecule has 1 aromatic heterocycles. The zero-order valence-corrected chi connectivity index (χ0v) is 12.3. The van der Waals surface area contributed by atoms with E-state index in [1.54, 1.807) is 4.90 Å². The van der Waals surface area contributed by atoms with E-state index in [9.17, 15) is 9.59 Å². The molecule has 0 bridgehead atoms. The van der Waals surface area contributed by atoms with Crippen LogP contribution < -0.4 is 5.73 Å². The van der Waals surface area contributed by atoms with Gasteiger partial charge in [0.2, 0.25) is 5.91 Å². The number of carbonyl (C=O) groups excluding carboxylic acids is 2. The Morgan fingerprint density at radius 3 is 2.89 bits per heavy atom. The molecule has 0 aromatic carbocycles. The lowest BCUT2D eigenvalue weighted by Crippen LogP contribution is -2.45. The largest absolute Gasteiger partial charge is 0.370 e. The molecule has 0 saturated carbocycles. The van der Waals surface area contributed by atoms with Crippen molar-refractivity contribution in [2.24, 2.45) is 5.73 Å². The van der Waals surface area contributed by atoms with Crippen LogP contribution in [0.1, 0.15) is 35.4 Å². The molecule has 2 rings (SSSR count). The highest BCUT2D eigenvalue weighted by molar-refractivity contribution is 9.10. The van der Waals surface area contributed by atoms with E-state index >= 15 is 0 Å². The van der Waals surface area contributed by atoms with E-state index < -0.39 is 0 Å². The van der Waals surface area contributed by atoms with Crippen LogP contribution in [0.3, 0.4) is 0 Å². The zero-order chi connectivity index (χ0) is 13.1. The van der Waals surface area contributed by atoms with Crippen LogP contribution in [0.5, 0.6) is 0 Å². The number of thiophene rings is 1. The minimum absolute atomic E-state index is 0.00262. The summed E-state index contributed by atoms with van der Waals surface area (Å²) in [5, 5.41) is 1.88. The molecule has 0 aliphatic carbocycles. The average Bonchev–Trinajstić information content (AvgIpc) is 2.74. The molecule has 1 fully saturated rings. The van der Waals surface area contributed by atoms with Crippen LogP contribution in [0, 0.1) is 0 Å². The van der Waals surface area contributed by atoms with Crippen LogP contribution >= 0.6 is 27.3 Å². The molecule has 0 spiro atoms. The van der Waals surface area contributed by atoms with E-state index in [-0.39, 0.29) is 24.3 Å². The van der Waals surface area contributed by atoms with Crippen molar-refractivity contribution in [3.8, 4) is 0 Å². The third-order valence-corrected chi connectivity index (χ3v) is 4.96. The Bertz CT molecular complexity index is 461. The van der Waals surface area contributed by atoms with Gasteiger partial charge in [0.1, 0.15) is 4.88 Å². The molecule has 0 unspecified atom stereocenters.